The van der Waals surface area contributed by atoms with Crippen LogP contribution in [0.25, 0.3) is 0 Å². The Morgan fingerprint density at radius 1 is 1.25 bits per heavy atom. The molecule has 0 aliphatic carbocycles. The Morgan fingerprint density at radius 3 is 2.79 bits per heavy atom. The number of likely N-dealkylation sites (tertiary alicyclic amines) is 1. The monoisotopic (exact) mass is 351 g/mol. The molecule has 0 saturated carbocycles. The SMILES string of the molecule is CC1CCCCN1C(=O)NCc1cccc(N2CCCS2(=O)=O)c1. The largest absolute Gasteiger partial charge is 0.334 e. The molecule has 132 valence electrons. The Kier molecular flexibility index (Phi) is 4.99. The third kappa shape index (κ3) is 3.66. The minimum atomic E-state index is -3.17. The number of urea groups is 1. The highest BCUT2D eigenvalue weighted by molar-refractivity contribution is 7.93. The van der Waals surface area contributed by atoms with Gasteiger partial charge in [-0.05, 0) is 50.3 Å². The Hall–Kier alpha value is -1.76. The minimum absolute atomic E-state index is 0.0404. The number of hydrogen-bond donors (Lipinski definition) is 1. The van der Waals surface area contributed by atoms with Gasteiger partial charge in [-0.3, -0.25) is 4.31 Å². The van der Waals surface area contributed by atoms with Crippen molar-refractivity contribution in [3.8, 4) is 0 Å². The molecule has 0 radical (unpaired) electrons. The van der Waals surface area contributed by atoms with Crippen LogP contribution in [-0.2, 0) is 16.6 Å². The van der Waals surface area contributed by atoms with Crippen molar-refractivity contribution in [3.63, 3.8) is 0 Å². The molecule has 2 saturated heterocycles. The van der Waals surface area contributed by atoms with Gasteiger partial charge in [0.05, 0.1) is 11.4 Å². The smallest absolute Gasteiger partial charge is 0.317 e. The van der Waals surface area contributed by atoms with Crippen molar-refractivity contribution in [2.45, 2.75) is 45.2 Å². The Balaban J connectivity index is 1.64. The molecular weight excluding hydrogens is 326 g/mol. The van der Waals surface area contributed by atoms with Gasteiger partial charge >= 0.3 is 6.03 Å². The van der Waals surface area contributed by atoms with Crippen molar-refractivity contribution in [2.24, 2.45) is 0 Å². The Morgan fingerprint density at radius 2 is 2.08 bits per heavy atom. The summed E-state index contributed by atoms with van der Waals surface area (Å²) in [5, 5.41) is 2.96. The van der Waals surface area contributed by atoms with Gasteiger partial charge < -0.3 is 10.2 Å². The molecule has 6 nitrogen and oxygen atoms in total. The zero-order chi connectivity index (χ0) is 17.2. The molecule has 3 rings (SSSR count). The number of carbonyl (C=O) groups is 1. The number of nitrogens with one attached hydrogen (secondary N) is 1. The molecule has 1 unspecified atom stereocenters. The first-order chi connectivity index (χ1) is 11.5. The number of piperidine rings is 1. The lowest BCUT2D eigenvalue weighted by Crippen LogP contribution is -2.47. The van der Waals surface area contributed by atoms with Crippen molar-refractivity contribution in [2.75, 3.05) is 23.1 Å². The van der Waals surface area contributed by atoms with E-state index < -0.39 is 10.0 Å². The maximum Gasteiger partial charge on any atom is 0.317 e. The van der Waals surface area contributed by atoms with E-state index in [4.69, 9.17) is 0 Å². The molecule has 0 bridgehead atoms. The van der Waals surface area contributed by atoms with Crippen LogP contribution in [-0.4, -0.2) is 44.2 Å². The molecule has 0 aromatic heterocycles. The summed E-state index contributed by atoms with van der Waals surface area (Å²) >= 11 is 0. The van der Waals surface area contributed by atoms with Crippen LogP contribution in [0.4, 0.5) is 10.5 Å². The third-order valence-corrected chi connectivity index (χ3v) is 6.67. The van der Waals surface area contributed by atoms with E-state index in [1.54, 1.807) is 6.07 Å². The van der Waals surface area contributed by atoms with Gasteiger partial charge in [0.25, 0.3) is 0 Å². The summed E-state index contributed by atoms with van der Waals surface area (Å²) < 4.78 is 25.5. The van der Waals surface area contributed by atoms with Crippen molar-refractivity contribution < 1.29 is 13.2 Å². The topological polar surface area (TPSA) is 69.7 Å². The molecule has 2 aliphatic heterocycles. The summed E-state index contributed by atoms with van der Waals surface area (Å²) in [5.74, 6) is 0.209. The van der Waals surface area contributed by atoms with Crippen LogP contribution < -0.4 is 9.62 Å². The summed E-state index contributed by atoms with van der Waals surface area (Å²) in [6, 6.07) is 7.64. The number of nitrogens with zero attached hydrogens (tertiary/aromatic N) is 2. The van der Waals surface area contributed by atoms with E-state index >= 15 is 0 Å². The van der Waals surface area contributed by atoms with E-state index in [1.165, 1.54) is 10.7 Å². The van der Waals surface area contributed by atoms with Crippen molar-refractivity contribution >= 4 is 21.7 Å². The van der Waals surface area contributed by atoms with E-state index in [0.29, 0.717) is 25.2 Å². The molecule has 2 amide bonds. The maximum absolute atomic E-state index is 12.3. The van der Waals surface area contributed by atoms with E-state index in [9.17, 15) is 13.2 Å². The predicted octanol–water partition coefficient (Wildman–Crippen LogP) is 2.31. The van der Waals surface area contributed by atoms with E-state index in [-0.39, 0.29) is 17.8 Å². The molecule has 7 heteroatoms. The number of sulfonamides is 1. The fourth-order valence-corrected chi connectivity index (χ4v) is 4.99. The maximum atomic E-state index is 12.3. The van der Waals surface area contributed by atoms with E-state index in [1.807, 2.05) is 23.1 Å². The van der Waals surface area contributed by atoms with Gasteiger partial charge in [0.15, 0.2) is 0 Å². The van der Waals surface area contributed by atoms with Gasteiger partial charge in [-0.15, -0.1) is 0 Å². The lowest BCUT2D eigenvalue weighted by Gasteiger charge is -2.33. The fraction of sp³-hybridized carbons (Fsp3) is 0.588. The Bertz CT molecular complexity index is 705. The zero-order valence-electron chi connectivity index (χ0n) is 14.1. The van der Waals surface area contributed by atoms with Crippen molar-refractivity contribution in [1.82, 2.24) is 10.2 Å². The molecular formula is C17H25N3O3S. The molecule has 1 aromatic carbocycles. The molecule has 2 heterocycles. The van der Waals surface area contributed by atoms with Gasteiger partial charge in [0.2, 0.25) is 10.0 Å². The first-order valence-corrected chi connectivity index (χ1v) is 10.2. The van der Waals surface area contributed by atoms with Crippen molar-refractivity contribution in [1.29, 1.82) is 0 Å². The summed E-state index contributed by atoms with van der Waals surface area (Å²) in [6.07, 6.45) is 3.95. The molecule has 1 N–H and O–H groups in total. The van der Waals surface area contributed by atoms with Gasteiger partial charge in [-0.1, -0.05) is 12.1 Å². The highest BCUT2D eigenvalue weighted by Gasteiger charge is 2.28. The number of amides is 2. The van der Waals surface area contributed by atoms with Gasteiger partial charge in [0, 0.05) is 25.7 Å². The summed E-state index contributed by atoms with van der Waals surface area (Å²) in [6.45, 7) is 3.82. The number of hydrogen-bond acceptors (Lipinski definition) is 3. The first kappa shape index (κ1) is 17.1. The predicted molar refractivity (Wildman–Crippen MR) is 94.4 cm³/mol. The standard InChI is InChI=1S/C17H25N3O3S/c1-14-6-2-3-9-19(14)17(21)18-13-15-7-4-8-16(12-15)20-10-5-11-24(20,22)23/h4,7-8,12,14H,2-3,5-6,9-11,13H2,1H3,(H,18,21). The highest BCUT2D eigenvalue weighted by Crippen LogP contribution is 2.24. The zero-order valence-corrected chi connectivity index (χ0v) is 14.9. The van der Waals surface area contributed by atoms with Crippen LogP contribution >= 0.6 is 0 Å². The molecule has 1 atom stereocenters. The van der Waals surface area contributed by atoms with Crippen LogP contribution in [0, 0.1) is 0 Å². The molecule has 24 heavy (non-hydrogen) atoms. The lowest BCUT2D eigenvalue weighted by molar-refractivity contribution is 0.158. The number of carbonyl (C=O) groups excluding carboxylic acids is 1. The second kappa shape index (κ2) is 7.01. The van der Waals surface area contributed by atoms with Crippen molar-refractivity contribution in [3.05, 3.63) is 29.8 Å². The van der Waals surface area contributed by atoms with E-state index in [2.05, 4.69) is 12.2 Å². The second-order valence-corrected chi connectivity index (χ2v) is 8.62. The summed E-state index contributed by atoms with van der Waals surface area (Å²) in [7, 11) is -3.17. The van der Waals surface area contributed by atoms with Crippen LogP contribution in [0.2, 0.25) is 0 Å². The average molecular weight is 351 g/mol. The number of benzene rings is 1. The van der Waals surface area contributed by atoms with Crippen LogP contribution in [0.5, 0.6) is 0 Å². The minimum Gasteiger partial charge on any atom is -0.334 e. The second-order valence-electron chi connectivity index (χ2n) is 6.61. The number of rotatable bonds is 3. The highest BCUT2D eigenvalue weighted by atomic mass is 32.2. The van der Waals surface area contributed by atoms with Gasteiger partial charge in [0.1, 0.15) is 0 Å². The van der Waals surface area contributed by atoms with E-state index in [0.717, 1.165) is 24.9 Å². The molecule has 1 aromatic rings. The normalized spacial score (nSPS) is 23.3. The Labute approximate surface area is 143 Å². The van der Waals surface area contributed by atoms with Gasteiger partial charge in [-0.2, -0.15) is 0 Å². The molecule has 0 spiro atoms. The summed E-state index contributed by atoms with van der Waals surface area (Å²) in [4.78, 5) is 14.2. The van der Waals surface area contributed by atoms with Gasteiger partial charge in [-0.25, -0.2) is 13.2 Å². The fourth-order valence-electron chi connectivity index (χ4n) is 3.43. The average Bonchev–Trinajstić information content (AvgIpc) is 2.92. The van der Waals surface area contributed by atoms with Crippen LogP contribution in [0.1, 0.15) is 38.2 Å². The number of anilines is 1. The summed E-state index contributed by atoms with van der Waals surface area (Å²) in [5.41, 5.74) is 1.60. The van der Waals surface area contributed by atoms with Crippen LogP contribution in [0.15, 0.2) is 24.3 Å². The lowest BCUT2D eigenvalue weighted by atomic mass is 10.0. The third-order valence-electron chi connectivity index (χ3n) is 4.81. The van der Waals surface area contributed by atoms with Crippen LogP contribution in [0.3, 0.4) is 0 Å². The quantitative estimate of drug-likeness (QED) is 0.908. The first-order valence-electron chi connectivity index (χ1n) is 8.61. The molecule has 2 aliphatic rings. The molecule has 2 fully saturated rings.